The summed E-state index contributed by atoms with van der Waals surface area (Å²) in [5, 5.41) is 7.00. The highest BCUT2D eigenvalue weighted by Gasteiger charge is 2.17. The first kappa shape index (κ1) is 16.3. The lowest BCUT2D eigenvalue weighted by molar-refractivity contribution is 0.0600. The van der Waals surface area contributed by atoms with E-state index in [4.69, 9.17) is 5.11 Å². The van der Waals surface area contributed by atoms with Crippen molar-refractivity contribution >= 4 is 12.3 Å². The van der Waals surface area contributed by atoms with Gasteiger partial charge in [0.25, 0.3) is 0 Å². The first-order chi connectivity index (χ1) is 8.38. The molecule has 0 unspecified atom stereocenters. The molecule has 0 fully saturated rings. The van der Waals surface area contributed by atoms with Gasteiger partial charge in [0.05, 0.1) is 12.7 Å². The van der Waals surface area contributed by atoms with E-state index >= 15 is 0 Å². The predicted octanol–water partition coefficient (Wildman–Crippen LogP) is 2.19. The molecule has 0 heterocycles. The van der Waals surface area contributed by atoms with Crippen LogP contribution < -0.4 is 0 Å². The lowest BCUT2D eigenvalue weighted by atomic mass is 9.85. The van der Waals surface area contributed by atoms with Gasteiger partial charge in [0.2, 0.25) is 0 Å². The number of ether oxygens (including phenoxy) is 1. The van der Waals surface area contributed by atoms with Crippen LogP contribution in [0.3, 0.4) is 0 Å². The van der Waals surface area contributed by atoms with Gasteiger partial charge in [0, 0.05) is 12.7 Å². The van der Waals surface area contributed by atoms with Crippen LogP contribution in [-0.2, 0) is 10.2 Å². The molecule has 0 atom stereocenters. The summed E-state index contributed by atoms with van der Waals surface area (Å²) in [6.45, 7) is 6.08. The summed E-state index contributed by atoms with van der Waals surface area (Å²) in [4.78, 5) is 22.2. The van der Waals surface area contributed by atoms with Crippen molar-refractivity contribution in [1.29, 1.82) is 0 Å². The molecule has 0 saturated carbocycles. The minimum absolute atomic E-state index is 0.109. The molecule has 0 aliphatic heterocycles. The standard InChI is InChI=1S/C13H16O3.CH4O/c1-13(2,3)11-6-9(8-14)5-10(7-11)12(15)16-4;1-2/h5-8H,1-4H3;2H,1H3. The summed E-state index contributed by atoms with van der Waals surface area (Å²) in [5.74, 6) is -0.422. The van der Waals surface area contributed by atoms with Gasteiger partial charge in [-0.2, -0.15) is 0 Å². The number of aliphatic hydroxyl groups excluding tert-OH is 1. The van der Waals surface area contributed by atoms with Crippen LogP contribution >= 0.6 is 0 Å². The van der Waals surface area contributed by atoms with Crippen molar-refractivity contribution in [2.45, 2.75) is 26.2 Å². The number of esters is 1. The Morgan fingerprint density at radius 1 is 1.22 bits per heavy atom. The van der Waals surface area contributed by atoms with Crippen molar-refractivity contribution in [3.8, 4) is 0 Å². The Balaban J connectivity index is 0.00000137. The van der Waals surface area contributed by atoms with Crippen LogP contribution in [0.15, 0.2) is 18.2 Å². The van der Waals surface area contributed by atoms with E-state index in [1.54, 1.807) is 12.1 Å². The molecule has 0 amide bonds. The largest absolute Gasteiger partial charge is 0.465 e. The molecule has 0 bridgehead atoms. The Labute approximate surface area is 108 Å². The quantitative estimate of drug-likeness (QED) is 0.647. The van der Waals surface area contributed by atoms with Gasteiger partial charge in [-0.15, -0.1) is 0 Å². The van der Waals surface area contributed by atoms with Crippen LogP contribution in [0.2, 0.25) is 0 Å². The van der Waals surface area contributed by atoms with E-state index in [9.17, 15) is 9.59 Å². The lowest BCUT2D eigenvalue weighted by Gasteiger charge is -2.20. The first-order valence-corrected chi connectivity index (χ1v) is 5.52. The molecule has 0 aliphatic rings. The van der Waals surface area contributed by atoms with Crippen LogP contribution in [0, 0.1) is 0 Å². The minimum atomic E-state index is -0.422. The van der Waals surface area contributed by atoms with Crippen LogP contribution in [-0.4, -0.2) is 31.6 Å². The fourth-order valence-corrected chi connectivity index (χ4v) is 1.39. The Hall–Kier alpha value is -1.68. The number of aliphatic hydroxyl groups is 1. The van der Waals surface area contributed by atoms with E-state index in [1.807, 2.05) is 20.8 Å². The first-order valence-electron chi connectivity index (χ1n) is 5.52. The van der Waals surface area contributed by atoms with Crippen LogP contribution in [0.4, 0.5) is 0 Å². The smallest absolute Gasteiger partial charge is 0.337 e. The van der Waals surface area contributed by atoms with Gasteiger partial charge in [-0.05, 0) is 29.2 Å². The van der Waals surface area contributed by atoms with Gasteiger partial charge in [0.1, 0.15) is 6.29 Å². The van der Waals surface area contributed by atoms with Gasteiger partial charge in [-0.3, -0.25) is 4.79 Å². The Morgan fingerprint density at radius 3 is 2.17 bits per heavy atom. The second-order valence-corrected chi connectivity index (χ2v) is 4.70. The van der Waals surface area contributed by atoms with E-state index in [2.05, 4.69) is 4.74 Å². The van der Waals surface area contributed by atoms with Crippen molar-refractivity contribution in [1.82, 2.24) is 0 Å². The molecule has 1 N–H and O–H groups in total. The molecule has 100 valence electrons. The number of rotatable bonds is 2. The molecular formula is C14H20O4. The number of methoxy groups -OCH3 is 1. The average molecular weight is 252 g/mol. The number of hydrogen-bond acceptors (Lipinski definition) is 4. The molecule has 0 aromatic heterocycles. The number of benzene rings is 1. The zero-order valence-corrected chi connectivity index (χ0v) is 11.5. The molecule has 0 saturated heterocycles. The van der Waals surface area contributed by atoms with Crippen molar-refractivity contribution in [2.75, 3.05) is 14.2 Å². The summed E-state index contributed by atoms with van der Waals surface area (Å²) in [6.07, 6.45) is 0.738. The third-order valence-corrected chi connectivity index (χ3v) is 2.38. The number of hydrogen-bond donors (Lipinski definition) is 1. The van der Waals surface area contributed by atoms with Gasteiger partial charge in [-0.1, -0.05) is 20.8 Å². The maximum Gasteiger partial charge on any atom is 0.337 e. The SMILES string of the molecule is CO.COC(=O)c1cc(C=O)cc(C(C)(C)C)c1. The maximum atomic E-state index is 11.4. The normalized spacial score (nSPS) is 10.1. The van der Waals surface area contributed by atoms with E-state index in [0.717, 1.165) is 19.0 Å². The van der Waals surface area contributed by atoms with Gasteiger partial charge >= 0.3 is 5.97 Å². The van der Waals surface area contributed by atoms with Gasteiger partial charge in [0.15, 0.2) is 0 Å². The number of aldehydes is 1. The second kappa shape index (κ2) is 6.91. The summed E-state index contributed by atoms with van der Waals surface area (Å²) >= 11 is 0. The fourth-order valence-electron chi connectivity index (χ4n) is 1.39. The van der Waals surface area contributed by atoms with E-state index < -0.39 is 5.97 Å². The highest BCUT2D eigenvalue weighted by atomic mass is 16.5. The molecule has 18 heavy (non-hydrogen) atoms. The van der Waals surface area contributed by atoms with Crippen LogP contribution in [0.25, 0.3) is 0 Å². The molecule has 0 spiro atoms. The minimum Gasteiger partial charge on any atom is -0.465 e. The molecule has 1 aromatic carbocycles. The molecule has 0 aliphatic carbocycles. The maximum absolute atomic E-state index is 11.4. The lowest BCUT2D eigenvalue weighted by Crippen LogP contribution is -2.13. The van der Waals surface area contributed by atoms with Crippen molar-refractivity contribution in [3.63, 3.8) is 0 Å². The van der Waals surface area contributed by atoms with E-state index in [-0.39, 0.29) is 5.41 Å². The molecule has 1 rings (SSSR count). The van der Waals surface area contributed by atoms with Crippen molar-refractivity contribution < 1.29 is 19.4 Å². The monoisotopic (exact) mass is 252 g/mol. The average Bonchev–Trinajstić information content (AvgIpc) is 2.38. The Bertz CT molecular complexity index is 416. The number of carbonyl (C=O) groups is 2. The van der Waals surface area contributed by atoms with Crippen LogP contribution in [0.5, 0.6) is 0 Å². The Kier molecular flexibility index (Phi) is 6.27. The zero-order valence-electron chi connectivity index (χ0n) is 11.5. The van der Waals surface area contributed by atoms with Crippen LogP contribution in [0.1, 0.15) is 47.1 Å². The molecule has 0 radical (unpaired) electrons. The molecule has 4 heteroatoms. The summed E-state index contributed by atoms with van der Waals surface area (Å²) < 4.78 is 4.65. The second-order valence-electron chi connectivity index (χ2n) is 4.70. The third kappa shape index (κ3) is 4.30. The molecular weight excluding hydrogens is 232 g/mol. The number of carbonyl (C=O) groups excluding carboxylic acids is 2. The van der Waals surface area contributed by atoms with Crippen molar-refractivity contribution in [2.24, 2.45) is 0 Å². The fraction of sp³-hybridized carbons (Fsp3) is 0.429. The van der Waals surface area contributed by atoms with E-state index in [1.165, 1.54) is 13.2 Å². The predicted molar refractivity (Wildman–Crippen MR) is 70.0 cm³/mol. The summed E-state index contributed by atoms with van der Waals surface area (Å²) in [6, 6.07) is 5.09. The summed E-state index contributed by atoms with van der Waals surface area (Å²) in [5.41, 5.74) is 1.74. The Morgan fingerprint density at radius 2 is 1.78 bits per heavy atom. The molecule has 1 aromatic rings. The summed E-state index contributed by atoms with van der Waals surface area (Å²) in [7, 11) is 2.33. The zero-order chi connectivity index (χ0) is 14.3. The molecule has 4 nitrogen and oxygen atoms in total. The van der Waals surface area contributed by atoms with Crippen molar-refractivity contribution in [3.05, 3.63) is 34.9 Å². The van der Waals surface area contributed by atoms with E-state index in [0.29, 0.717) is 11.1 Å². The highest BCUT2D eigenvalue weighted by Crippen LogP contribution is 2.24. The topological polar surface area (TPSA) is 63.6 Å². The van der Waals surface area contributed by atoms with Gasteiger partial charge < -0.3 is 9.84 Å². The third-order valence-electron chi connectivity index (χ3n) is 2.38. The highest BCUT2D eigenvalue weighted by molar-refractivity contribution is 5.92. The van der Waals surface area contributed by atoms with Gasteiger partial charge in [-0.25, -0.2) is 4.79 Å².